The van der Waals surface area contributed by atoms with Crippen molar-refractivity contribution in [1.82, 2.24) is 10.6 Å². The van der Waals surface area contributed by atoms with Gasteiger partial charge in [0, 0.05) is 4.47 Å². The van der Waals surface area contributed by atoms with Gasteiger partial charge in [0.05, 0.1) is 5.56 Å². The van der Waals surface area contributed by atoms with E-state index in [1.807, 2.05) is 0 Å². The third-order valence-electron chi connectivity index (χ3n) is 3.42. The third kappa shape index (κ3) is 4.22. The molecule has 8 heteroatoms. The Morgan fingerprint density at radius 3 is 2.12 bits per heavy atom. The van der Waals surface area contributed by atoms with Gasteiger partial charge in [-0.3, -0.25) is 20.2 Å². The molecule has 0 aromatic heterocycles. The summed E-state index contributed by atoms with van der Waals surface area (Å²) in [7, 11) is 0. The minimum atomic E-state index is -0.565. The average Bonchev–Trinajstić information content (AvgIpc) is 2.60. The molecule has 1 saturated heterocycles. The average molecular weight is 431 g/mol. The van der Waals surface area contributed by atoms with Crippen LogP contribution >= 0.6 is 28.1 Å². The summed E-state index contributed by atoms with van der Waals surface area (Å²) in [6.45, 7) is 0. The molecule has 0 radical (unpaired) electrons. The van der Waals surface area contributed by atoms with E-state index in [1.54, 1.807) is 48.5 Å². The van der Waals surface area contributed by atoms with Crippen molar-refractivity contribution in [2.24, 2.45) is 0 Å². The number of benzene rings is 2. The smallest absolute Gasteiger partial charge is 0.343 e. The minimum Gasteiger partial charge on any atom is -0.423 e. The van der Waals surface area contributed by atoms with Crippen LogP contribution in [0.3, 0.4) is 0 Å². The molecule has 1 fully saturated rings. The van der Waals surface area contributed by atoms with Gasteiger partial charge < -0.3 is 4.74 Å². The maximum Gasteiger partial charge on any atom is 0.343 e. The van der Waals surface area contributed by atoms with Crippen LogP contribution in [0.15, 0.2) is 58.6 Å². The molecular formula is C18H11BrN2O4S. The Kier molecular flexibility index (Phi) is 5.24. The van der Waals surface area contributed by atoms with Crippen LogP contribution < -0.4 is 15.4 Å². The Bertz CT molecular complexity index is 915. The maximum atomic E-state index is 12.1. The molecule has 3 rings (SSSR count). The van der Waals surface area contributed by atoms with Crippen LogP contribution in [0.25, 0.3) is 6.08 Å². The number of ether oxygens (including phenoxy) is 1. The van der Waals surface area contributed by atoms with Crippen molar-refractivity contribution < 1.29 is 19.1 Å². The molecule has 2 aromatic rings. The standard InChI is InChI=1S/C18H11BrN2O4S/c19-12-5-3-11(4-6-12)17(24)25-13-7-1-10(2-8-13)9-14-15(22)20-18(26)21-16(14)23/h1-9H,(H2,20,21,22,23,26). The first-order valence-corrected chi connectivity index (χ1v) is 8.59. The highest BCUT2D eigenvalue weighted by Crippen LogP contribution is 2.18. The number of hydrogen-bond donors (Lipinski definition) is 2. The van der Waals surface area contributed by atoms with Crippen molar-refractivity contribution in [3.05, 3.63) is 69.7 Å². The van der Waals surface area contributed by atoms with Crippen LogP contribution in [0.5, 0.6) is 5.75 Å². The summed E-state index contributed by atoms with van der Waals surface area (Å²) in [5.41, 5.74) is 0.964. The molecule has 2 N–H and O–H groups in total. The molecule has 0 bridgehead atoms. The quantitative estimate of drug-likeness (QED) is 0.257. The molecule has 26 heavy (non-hydrogen) atoms. The summed E-state index contributed by atoms with van der Waals surface area (Å²) in [6.07, 6.45) is 1.42. The van der Waals surface area contributed by atoms with Crippen LogP contribution in [-0.4, -0.2) is 22.9 Å². The Morgan fingerprint density at radius 1 is 0.962 bits per heavy atom. The first-order chi connectivity index (χ1) is 12.4. The number of carbonyl (C=O) groups excluding carboxylic acids is 3. The molecule has 0 aliphatic carbocycles. The highest BCUT2D eigenvalue weighted by Gasteiger charge is 2.25. The monoisotopic (exact) mass is 430 g/mol. The zero-order chi connectivity index (χ0) is 18.7. The lowest BCUT2D eigenvalue weighted by Gasteiger charge is -2.16. The number of thiocarbonyl (C=S) groups is 1. The number of rotatable bonds is 3. The zero-order valence-electron chi connectivity index (χ0n) is 13.1. The van der Waals surface area contributed by atoms with E-state index in [9.17, 15) is 14.4 Å². The maximum absolute atomic E-state index is 12.1. The topological polar surface area (TPSA) is 84.5 Å². The van der Waals surface area contributed by atoms with Gasteiger partial charge in [-0.05, 0) is 60.3 Å². The Labute approximate surface area is 162 Å². The number of hydrogen-bond acceptors (Lipinski definition) is 5. The first-order valence-electron chi connectivity index (χ1n) is 7.38. The van der Waals surface area contributed by atoms with Gasteiger partial charge in [0.1, 0.15) is 11.3 Å². The van der Waals surface area contributed by atoms with E-state index in [1.165, 1.54) is 6.08 Å². The molecule has 0 atom stereocenters. The van der Waals surface area contributed by atoms with Crippen molar-refractivity contribution in [2.45, 2.75) is 0 Å². The fourth-order valence-corrected chi connectivity index (χ4v) is 2.61. The van der Waals surface area contributed by atoms with Gasteiger partial charge in [0.25, 0.3) is 11.8 Å². The molecule has 0 saturated carbocycles. The van der Waals surface area contributed by atoms with E-state index in [0.29, 0.717) is 16.9 Å². The van der Waals surface area contributed by atoms with Gasteiger partial charge in [-0.2, -0.15) is 0 Å². The summed E-state index contributed by atoms with van der Waals surface area (Å²) in [6, 6.07) is 13.2. The van der Waals surface area contributed by atoms with E-state index < -0.39 is 17.8 Å². The summed E-state index contributed by atoms with van der Waals surface area (Å²) < 4.78 is 6.15. The predicted octanol–water partition coefficient (Wildman–Crippen LogP) is 2.58. The molecule has 1 heterocycles. The molecule has 130 valence electrons. The van der Waals surface area contributed by atoms with Gasteiger partial charge in [-0.25, -0.2) is 4.79 Å². The Morgan fingerprint density at radius 2 is 1.54 bits per heavy atom. The van der Waals surface area contributed by atoms with Gasteiger partial charge >= 0.3 is 5.97 Å². The lowest BCUT2D eigenvalue weighted by molar-refractivity contribution is -0.123. The van der Waals surface area contributed by atoms with Crippen molar-refractivity contribution >= 4 is 57.1 Å². The van der Waals surface area contributed by atoms with Crippen molar-refractivity contribution in [3.8, 4) is 5.75 Å². The SMILES string of the molecule is O=C1NC(=S)NC(=O)C1=Cc1ccc(OC(=O)c2ccc(Br)cc2)cc1. The van der Waals surface area contributed by atoms with Crippen LogP contribution in [0.2, 0.25) is 0 Å². The molecular weight excluding hydrogens is 420 g/mol. The number of carbonyl (C=O) groups is 3. The zero-order valence-corrected chi connectivity index (χ0v) is 15.5. The van der Waals surface area contributed by atoms with Gasteiger partial charge in [0.2, 0.25) is 0 Å². The van der Waals surface area contributed by atoms with Crippen molar-refractivity contribution in [2.75, 3.05) is 0 Å². The number of amides is 2. The van der Waals surface area contributed by atoms with Crippen LogP contribution in [0.1, 0.15) is 15.9 Å². The summed E-state index contributed by atoms with van der Waals surface area (Å²) in [4.78, 5) is 35.7. The van der Waals surface area contributed by atoms with E-state index in [2.05, 4.69) is 26.6 Å². The van der Waals surface area contributed by atoms with E-state index in [-0.39, 0.29) is 10.7 Å². The van der Waals surface area contributed by atoms with Gasteiger partial charge in [0.15, 0.2) is 5.11 Å². The normalized spacial score (nSPS) is 13.7. The molecule has 2 amide bonds. The van der Waals surface area contributed by atoms with Crippen LogP contribution in [0, 0.1) is 0 Å². The molecule has 0 spiro atoms. The molecule has 6 nitrogen and oxygen atoms in total. The lowest BCUT2D eigenvalue weighted by atomic mass is 10.1. The highest BCUT2D eigenvalue weighted by molar-refractivity contribution is 9.10. The largest absolute Gasteiger partial charge is 0.423 e. The highest BCUT2D eigenvalue weighted by atomic mass is 79.9. The van der Waals surface area contributed by atoms with Gasteiger partial charge in [-0.1, -0.05) is 28.1 Å². The molecule has 1 aliphatic heterocycles. The summed E-state index contributed by atoms with van der Waals surface area (Å²) in [5, 5.41) is 4.70. The van der Waals surface area contributed by atoms with Crippen LogP contribution in [0.4, 0.5) is 0 Å². The van der Waals surface area contributed by atoms with Crippen molar-refractivity contribution in [3.63, 3.8) is 0 Å². The number of nitrogens with one attached hydrogen (secondary N) is 2. The Balaban J connectivity index is 1.72. The first kappa shape index (κ1) is 18.0. The van der Waals surface area contributed by atoms with Crippen LogP contribution in [-0.2, 0) is 9.59 Å². The van der Waals surface area contributed by atoms with E-state index in [0.717, 1.165) is 4.47 Å². The molecule has 1 aliphatic rings. The van der Waals surface area contributed by atoms with E-state index in [4.69, 9.17) is 17.0 Å². The number of halogens is 1. The molecule has 2 aromatic carbocycles. The van der Waals surface area contributed by atoms with E-state index >= 15 is 0 Å². The minimum absolute atomic E-state index is 0.0210. The summed E-state index contributed by atoms with van der Waals surface area (Å²) in [5.74, 6) is -1.27. The fourth-order valence-electron chi connectivity index (χ4n) is 2.16. The summed E-state index contributed by atoms with van der Waals surface area (Å²) >= 11 is 8.04. The second-order valence-electron chi connectivity index (χ2n) is 5.26. The molecule has 0 unspecified atom stereocenters. The number of esters is 1. The lowest BCUT2D eigenvalue weighted by Crippen LogP contribution is -2.51. The third-order valence-corrected chi connectivity index (χ3v) is 4.16. The second-order valence-corrected chi connectivity index (χ2v) is 6.58. The van der Waals surface area contributed by atoms with Gasteiger partial charge in [-0.15, -0.1) is 0 Å². The predicted molar refractivity (Wildman–Crippen MR) is 102 cm³/mol. The Hall–Kier alpha value is -2.84. The van der Waals surface area contributed by atoms with Crippen molar-refractivity contribution in [1.29, 1.82) is 0 Å². The fraction of sp³-hybridized carbons (Fsp3) is 0. The second kappa shape index (κ2) is 7.59.